The molecule has 204 valence electrons. The fraction of sp³-hybridized carbons (Fsp3) is 0.370. The molecule has 0 aliphatic heterocycles. The zero-order chi connectivity index (χ0) is 27.6. The van der Waals surface area contributed by atoms with E-state index in [1.807, 2.05) is 13.0 Å². The standard InChI is InChI=1S/C12H11BrO3.C7H11BrO3.C7H8O2.CH4/c1-6-3-8-9(5-13)7(2)12(15)16-11(8)4-10(6)14;1-3-11-7(10)5(2)6(9)4-8;1-5-2-3-6(8)4-7(5)9;/h3-4,14H,5H2,1-2H3;5H,3-4H2,1-2H3;2-4,8-9H,1H3;1H4. The number of esters is 1. The number of ether oxygens (including phenoxy) is 1. The quantitative estimate of drug-likeness (QED) is 0.129. The van der Waals surface area contributed by atoms with Crippen LogP contribution >= 0.6 is 31.9 Å². The Balaban J connectivity index is 0.000000546. The molecule has 37 heavy (non-hydrogen) atoms. The molecule has 8 nitrogen and oxygen atoms in total. The van der Waals surface area contributed by atoms with E-state index in [1.165, 1.54) is 18.2 Å². The first-order chi connectivity index (χ1) is 16.9. The van der Waals surface area contributed by atoms with Crippen LogP contribution in [-0.2, 0) is 19.7 Å². The van der Waals surface area contributed by atoms with E-state index in [0.29, 0.717) is 23.1 Å². The van der Waals surface area contributed by atoms with Crippen molar-refractivity contribution < 1.29 is 34.1 Å². The van der Waals surface area contributed by atoms with E-state index in [1.54, 1.807) is 33.8 Å². The molecule has 3 rings (SSSR count). The van der Waals surface area contributed by atoms with Gasteiger partial charge in [0.1, 0.15) is 28.7 Å². The molecule has 2 aromatic carbocycles. The van der Waals surface area contributed by atoms with Gasteiger partial charge in [0.15, 0.2) is 5.78 Å². The second kappa shape index (κ2) is 16.1. The molecule has 0 saturated carbocycles. The van der Waals surface area contributed by atoms with E-state index in [4.69, 9.17) is 14.6 Å². The van der Waals surface area contributed by atoms with E-state index >= 15 is 0 Å². The lowest BCUT2D eigenvalue weighted by atomic mass is 10.0. The zero-order valence-electron chi connectivity index (χ0n) is 20.7. The van der Waals surface area contributed by atoms with E-state index in [-0.39, 0.29) is 41.4 Å². The number of ketones is 1. The van der Waals surface area contributed by atoms with E-state index in [0.717, 1.165) is 22.1 Å². The summed E-state index contributed by atoms with van der Waals surface area (Å²) in [7, 11) is 0. The second-order valence-corrected chi connectivity index (χ2v) is 8.93. The minimum absolute atomic E-state index is 0. The van der Waals surface area contributed by atoms with Crippen LogP contribution in [0.1, 0.15) is 43.5 Å². The Morgan fingerprint density at radius 1 is 1.00 bits per heavy atom. The molecule has 3 aromatic rings. The molecule has 3 N–H and O–H groups in total. The van der Waals surface area contributed by atoms with Gasteiger partial charge in [-0.25, -0.2) is 4.79 Å². The normalized spacial score (nSPS) is 10.7. The highest BCUT2D eigenvalue weighted by atomic mass is 79.9. The summed E-state index contributed by atoms with van der Waals surface area (Å²) in [5, 5.41) is 28.9. The molecule has 1 unspecified atom stereocenters. The minimum atomic E-state index is -0.644. The Bertz CT molecular complexity index is 1270. The smallest absolute Gasteiger partial charge is 0.339 e. The van der Waals surface area contributed by atoms with Gasteiger partial charge in [0, 0.05) is 28.4 Å². The van der Waals surface area contributed by atoms with Crippen molar-refractivity contribution in [2.24, 2.45) is 5.92 Å². The Hall–Kier alpha value is -2.85. The molecule has 0 radical (unpaired) electrons. The average molecular weight is 646 g/mol. The van der Waals surface area contributed by atoms with Crippen molar-refractivity contribution in [2.75, 3.05) is 11.9 Å². The van der Waals surface area contributed by atoms with Crippen LogP contribution in [0.25, 0.3) is 11.0 Å². The Morgan fingerprint density at radius 3 is 2.08 bits per heavy atom. The van der Waals surface area contributed by atoms with E-state index < -0.39 is 11.9 Å². The number of hydrogen-bond donors (Lipinski definition) is 3. The summed E-state index contributed by atoms with van der Waals surface area (Å²) in [4.78, 5) is 33.3. The number of carbonyl (C=O) groups excluding carboxylic acids is 2. The van der Waals surface area contributed by atoms with Gasteiger partial charge in [-0.15, -0.1) is 0 Å². The maximum Gasteiger partial charge on any atom is 0.339 e. The Labute approximate surface area is 233 Å². The molecule has 1 atom stereocenters. The largest absolute Gasteiger partial charge is 0.508 e. The van der Waals surface area contributed by atoms with Crippen LogP contribution in [0.4, 0.5) is 0 Å². The van der Waals surface area contributed by atoms with Crippen molar-refractivity contribution in [2.45, 2.75) is 47.4 Å². The van der Waals surface area contributed by atoms with Gasteiger partial charge >= 0.3 is 11.6 Å². The summed E-state index contributed by atoms with van der Waals surface area (Å²) in [6, 6.07) is 7.82. The topological polar surface area (TPSA) is 134 Å². The highest BCUT2D eigenvalue weighted by molar-refractivity contribution is 9.09. The third kappa shape index (κ3) is 9.85. The number of hydrogen-bond acceptors (Lipinski definition) is 8. The van der Waals surface area contributed by atoms with Gasteiger partial charge in [-0.2, -0.15) is 0 Å². The molecule has 1 heterocycles. The fourth-order valence-corrected chi connectivity index (χ4v) is 3.99. The number of Topliss-reactive ketones (excluding diaryl/α,β-unsaturated/α-hetero) is 1. The van der Waals surface area contributed by atoms with Crippen LogP contribution in [0.5, 0.6) is 17.2 Å². The lowest BCUT2D eigenvalue weighted by Crippen LogP contribution is -2.23. The van der Waals surface area contributed by atoms with Gasteiger partial charge in [-0.05, 0) is 63.4 Å². The van der Waals surface area contributed by atoms with Crippen molar-refractivity contribution in [3.05, 3.63) is 63.0 Å². The first-order valence-corrected chi connectivity index (χ1v) is 13.2. The lowest BCUT2D eigenvalue weighted by Gasteiger charge is -2.07. The fourth-order valence-electron chi connectivity index (χ4n) is 2.78. The number of benzene rings is 2. The van der Waals surface area contributed by atoms with Gasteiger partial charge in [-0.3, -0.25) is 9.59 Å². The molecule has 0 spiro atoms. The molecule has 0 aliphatic rings. The van der Waals surface area contributed by atoms with Gasteiger partial charge in [0.2, 0.25) is 0 Å². The van der Waals surface area contributed by atoms with Crippen molar-refractivity contribution in [1.82, 2.24) is 0 Å². The number of aryl methyl sites for hydroxylation is 2. The monoisotopic (exact) mass is 644 g/mol. The highest BCUT2D eigenvalue weighted by Gasteiger charge is 2.20. The number of phenolic OH excluding ortho intramolecular Hbond substituents is 3. The highest BCUT2D eigenvalue weighted by Crippen LogP contribution is 2.28. The number of carbonyl (C=O) groups is 2. The number of aromatic hydroxyl groups is 3. The number of phenols is 3. The molecule has 0 fully saturated rings. The lowest BCUT2D eigenvalue weighted by molar-refractivity contribution is -0.150. The van der Waals surface area contributed by atoms with Crippen molar-refractivity contribution in [3.8, 4) is 17.2 Å². The molecule has 0 amide bonds. The zero-order valence-corrected chi connectivity index (χ0v) is 23.9. The van der Waals surface area contributed by atoms with Crippen LogP contribution in [0, 0.1) is 26.7 Å². The minimum Gasteiger partial charge on any atom is -0.508 e. The van der Waals surface area contributed by atoms with Crippen molar-refractivity contribution >= 4 is 54.6 Å². The Morgan fingerprint density at radius 2 is 1.59 bits per heavy atom. The molecular weight excluding hydrogens is 612 g/mol. The van der Waals surface area contributed by atoms with Crippen LogP contribution in [0.15, 0.2) is 39.5 Å². The van der Waals surface area contributed by atoms with Crippen LogP contribution in [0.3, 0.4) is 0 Å². The molecule has 10 heteroatoms. The maximum atomic E-state index is 11.5. The van der Waals surface area contributed by atoms with E-state index in [9.17, 15) is 19.5 Å². The summed E-state index contributed by atoms with van der Waals surface area (Å²) in [6.45, 7) is 8.90. The third-order valence-electron chi connectivity index (χ3n) is 5.17. The summed E-state index contributed by atoms with van der Waals surface area (Å²) in [5.74, 6) is -0.872. The first-order valence-electron chi connectivity index (χ1n) is 10.9. The maximum absolute atomic E-state index is 11.5. The predicted octanol–water partition coefficient (Wildman–Crippen LogP) is 6.20. The van der Waals surface area contributed by atoms with Gasteiger partial charge in [0.05, 0.1) is 11.9 Å². The summed E-state index contributed by atoms with van der Waals surface area (Å²) in [6.07, 6.45) is 0. The van der Waals surface area contributed by atoms with Crippen LogP contribution in [0.2, 0.25) is 0 Å². The molecular formula is C27H34Br2O8. The average Bonchev–Trinajstić information content (AvgIpc) is 2.84. The first kappa shape index (κ1) is 34.1. The number of halogens is 2. The molecule has 0 bridgehead atoms. The second-order valence-electron chi connectivity index (χ2n) is 7.81. The van der Waals surface area contributed by atoms with Gasteiger partial charge < -0.3 is 24.5 Å². The van der Waals surface area contributed by atoms with Crippen molar-refractivity contribution in [1.29, 1.82) is 0 Å². The molecule has 0 aliphatic carbocycles. The summed E-state index contributed by atoms with van der Waals surface area (Å²) < 4.78 is 9.78. The third-order valence-corrected chi connectivity index (χ3v) is 6.28. The summed E-state index contributed by atoms with van der Waals surface area (Å²) in [5.41, 5.74) is 3.12. The Kier molecular flexibility index (Phi) is 14.8. The molecule has 1 aromatic heterocycles. The SMILES string of the molecule is C.CCOC(=O)C(C)C(=O)CBr.Cc1cc2c(CBr)c(C)c(=O)oc2cc1O.Cc1ccc(O)cc1O. The van der Waals surface area contributed by atoms with Crippen LogP contribution in [-0.4, -0.2) is 39.0 Å². The number of alkyl halides is 2. The molecule has 0 saturated heterocycles. The van der Waals surface area contributed by atoms with Crippen molar-refractivity contribution in [3.63, 3.8) is 0 Å². The summed E-state index contributed by atoms with van der Waals surface area (Å²) >= 11 is 6.34. The van der Waals surface area contributed by atoms with Crippen LogP contribution < -0.4 is 5.63 Å². The number of fused-ring (bicyclic) bond motifs is 1. The van der Waals surface area contributed by atoms with E-state index in [2.05, 4.69) is 36.6 Å². The number of rotatable bonds is 5. The predicted molar refractivity (Wildman–Crippen MR) is 152 cm³/mol. The van der Waals surface area contributed by atoms with Gasteiger partial charge in [0.25, 0.3) is 0 Å². The van der Waals surface area contributed by atoms with Gasteiger partial charge in [-0.1, -0.05) is 45.4 Å².